The van der Waals surface area contributed by atoms with Gasteiger partial charge in [0.15, 0.2) is 11.8 Å². The minimum atomic E-state index is -1.83. The van der Waals surface area contributed by atoms with Crippen LogP contribution in [0, 0.1) is 5.21 Å². The van der Waals surface area contributed by atoms with Crippen molar-refractivity contribution in [3.05, 3.63) is 75.3 Å². The maximum absolute atomic E-state index is 15.8. The molecule has 1 aromatic heterocycles. The molecule has 46 heavy (non-hydrogen) atoms. The number of aromatic amines is 1. The summed E-state index contributed by atoms with van der Waals surface area (Å²) >= 11 is 0. The first-order chi connectivity index (χ1) is 21.7. The highest BCUT2D eigenvalue weighted by atomic mass is 16.6. The highest BCUT2D eigenvalue weighted by Gasteiger charge is 2.61. The molecule has 0 bridgehead atoms. The van der Waals surface area contributed by atoms with E-state index in [-0.39, 0.29) is 31.2 Å². The lowest BCUT2D eigenvalue weighted by Crippen LogP contribution is -2.81. The average molecular weight is 635 g/mol. The molecule has 12 nitrogen and oxygen atoms in total. The van der Waals surface area contributed by atoms with E-state index in [9.17, 15) is 19.2 Å². The van der Waals surface area contributed by atoms with E-state index in [0.29, 0.717) is 38.6 Å². The number of piperidine rings is 1. The molecule has 12 heteroatoms. The molecule has 2 aliphatic rings. The third-order valence-corrected chi connectivity index (χ3v) is 9.37. The molecule has 2 aromatic carbocycles. The first kappa shape index (κ1) is 33.5. The van der Waals surface area contributed by atoms with Crippen LogP contribution in [0.1, 0.15) is 78.0 Å². The molecule has 0 aliphatic carbocycles. The lowest BCUT2D eigenvalue weighted by molar-refractivity contribution is -0.978. The number of amides is 2. The fourth-order valence-electron chi connectivity index (χ4n) is 7.07. The maximum Gasteiger partial charge on any atom is 0.408 e. The van der Waals surface area contributed by atoms with E-state index in [2.05, 4.69) is 10.3 Å². The number of ether oxygens (including phenoxy) is 1. The molecule has 2 N–H and O–H groups in total. The van der Waals surface area contributed by atoms with Crippen molar-refractivity contribution in [1.82, 2.24) is 24.8 Å². The highest BCUT2D eigenvalue weighted by molar-refractivity contribution is 5.86. The molecule has 1 saturated heterocycles. The molecule has 3 heterocycles. The van der Waals surface area contributed by atoms with Crippen LogP contribution in [0.25, 0.3) is 11.0 Å². The van der Waals surface area contributed by atoms with Gasteiger partial charge >= 0.3 is 17.7 Å². The van der Waals surface area contributed by atoms with Crippen LogP contribution >= 0.6 is 0 Å². The SMILES string of the molecule is CCC(C=O)(N1CCC(n2c(=O)[nH]c3ccccc32)CC1)[N+]([O-])(C(=O)C(C)(C)NC(=O)OC(C)(C)C)N1CCc2ccccc2C1. The number of nitrogens with one attached hydrogen (secondary N) is 2. The Bertz CT molecular complexity index is 1670. The van der Waals surface area contributed by atoms with Gasteiger partial charge in [-0.3, -0.25) is 9.36 Å². The fraction of sp³-hybridized carbons (Fsp3) is 0.529. The minimum Gasteiger partial charge on any atom is -0.602 e. The highest BCUT2D eigenvalue weighted by Crippen LogP contribution is 2.40. The lowest BCUT2D eigenvalue weighted by Gasteiger charge is -2.61. The number of hydrogen-bond acceptors (Lipinski definition) is 8. The molecule has 2 unspecified atom stereocenters. The van der Waals surface area contributed by atoms with Gasteiger partial charge in [-0.25, -0.2) is 19.3 Å². The first-order valence-electron chi connectivity index (χ1n) is 16.1. The molecule has 2 aliphatic heterocycles. The quantitative estimate of drug-likeness (QED) is 0.211. The van der Waals surface area contributed by atoms with Gasteiger partial charge in [-0.05, 0) is 77.1 Å². The number of hydroxylamine groups is 2. The number of nitrogens with zero attached hydrogens (tertiary/aromatic N) is 4. The van der Waals surface area contributed by atoms with Gasteiger partial charge in [-0.15, -0.1) is 5.01 Å². The number of aldehydes is 1. The number of carbonyl (C=O) groups excluding carboxylic acids is 3. The summed E-state index contributed by atoms with van der Waals surface area (Å²) in [5.74, 6) is -0.873. The number of para-hydroxylation sites is 2. The van der Waals surface area contributed by atoms with Crippen LogP contribution in [0.4, 0.5) is 4.79 Å². The maximum atomic E-state index is 15.8. The molecule has 2 atom stereocenters. The number of alkyl carbamates (subject to hydrolysis) is 1. The number of carbonyl (C=O) groups is 3. The van der Waals surface area contributed by atoms with Gasteiger partial charge in [0.25, 0.3) is 0 Å². The Morgan fingerprint density at radius 1 is 1.02 bits per heavy atom. The summed E-state index contributed by atoms with van der Waals surface area (Å²) in [6.45, 7) is 10.8. The lowest BCUT2D eigenvalue weighted by atomic mass is 9.94. The van der Waals surface area contributed by atoms with Gasteiger partial charge < -0.3 is 20.2 Å². The zero-order valence-corrected chi connectivity index (χ0v) is 27.7. The third kappa shape index (κ3) is 5.90. The fourth-order valence-corrected chi connectivity index (χ4v) is 7.07. The van der Waals surface area contributed by atoms with E-state index in [1.165, 1.54) is 18.9 Å². The molecule has 0 spiro atoms. The molecule has 248 valence electrons. The van der Waals surface area contributed by atoms with Crippen molar-refractivity contribution in [3.63, 3.8) is 0 Å². The molecule has 5 rings (SSSR count). The van der Waals surface area contributed by atoms with Crippen molar-refractivity contribution in [3.8, 4) is 0 Å². The van der Waals surface area contributed by atoms with Crippen molar-refractivity contribution >= 4 is 29.3 Å². The smallest absolute Gasteiger partial charge is 0.408 e. The summed E-state index contributed by atoms with van der Waals surface area (Å²) in [6, 6.07) is 15.1. The zero-order valence-electron chi connectivity index (χ0n) is 27.7. The second-order valence-electron chi connectivity index (χ2n) is 13.9. The number of benzene rings is 2. The Morgan fingerprint density at radius 3 is 2.28 bits per heavy atom. The predicted molar refractivity (Wildman–Crippen MR) is 174 cm³/mol. The number of likely N-dealkylation sites (tertiary alicyclic amines) is 1. The van der Waals surface area contributed by atoms with Crippen LogP contribution in [0.3, 0.4) is 0 Å². The van der Waals surface area contributed by atoms with Gasteiger partial charge in [0.1, 0.15) is 5.60 Å². The molecule has 0 radical (unpaired) electrons. The molecule has 2 amide bonds. The summed E-state index contributed by atoms with van der Waals surface area (Å²) in [6.07, 6.45) is 1.35. The van der Waals surface area contributed by atoms with Crippen molar-refractivity contribution < 1.29 is 23.9 Å². The summed E-state index contributed by atoms with van der Waals surface area (Å²) in [4.78, 5) is 58.8. The molecular formula is C34H46N6O6. The second kappa shape index (κ2) is 12.4. The van der Waals surface area contributed by atoms with Crippen LogP contribution < -0.4 is 11.0 Å². The van der Waals surface area contributed by atoms with Crippen molar-refractivity contribution in [2.24, 2.45) is 0 Å². The van der Waals surface area contributed by atoms with Crippen LogP contribution in [-0.4, -0.2) is 78.9 Å². The van der Waals surface area contributed by atoms with E-state index in [1.807, 2.05) is 53.4 Å². The van der Waals surface area contributed by atoms with Crippen LogP contribution in [0.5, 0.6) is 0 Å². The summed E-state index contributed by atoms with van der Waals surface area (Å²) < 4.78 is 5.59. The monoisotopic (exact) mass is 634 g/mol. The molecular weight excluding hydrogens is 588 g/mol. The van der Waals surface area contributed by atoms with Crippen LogP contribution in [0.15, 0.2) is 53.3 Å². The summed E-state index contributed by atoms with van der Waals surface area (Å²) in [5.41, 5.74) is -1.01. The number of quaternary nitrogens is 1. The number of H-pyrrole nitrogens is 1. The van der Waals surface area contributed by atoms with E-state index in [0.717, 1.165) is 22.2 Å². The van der Waals surface area contributed by atoms with E-state index in [4.69, 9.17) is 4.74 Å². The average Bonchev–Trinajstić information content (AvgIpc) is 3.35. The normalized spacial score (nSPS) is 19.5. The number of imidazole rings is 1. The van der Waals surface area contributed by atoms with Gasteiger partial charge in [0, 0.05) is 25.6 Å². The van der Waals surface area contributed by atoms with Crippen molar-refractivity contribution in [2.45, 2.75) is 96.6 Å². The topological polar surface area (TPSA) is 140 Å². The van der Waals surface area contributed by atoms with E-state index >= 15 is 5.21 Å². The van der Waals surface area contributed by atoms with Gasteiger partial charge in [0.05, 0.1) is 24.1 Å². The van der Waals surface area contributed by atoms with Crippen LogP contribution in [0.2, 0.25) is 0 Å². The van der Waals surface area contributed by atoms with Gasteiger partial charge in [-0.1, -0.05) is 43.3 Å². The summed E-state index contributed by atoms with van der Waals surface area (Å²) in [5, 5.41) is 19.9. The van der Waals surface area contributed by atoms with Gasteiger partial charge in [-0.2, -0.15) is 4.76 Å². The summed E-state index contributed by atoms with van der Waals surface area (Å²) in [7, 11) is 0. The third-order valence-electron chi connectivity index (χ3n) is 9.37. The Kier molecular flexibility index (Phi) is 9.04. The predicted octanol–water partition coefficient (Wildman–Crippen LogP) is 4.39. The molecule has 1 fully saturated rings. The molecule has 3 aromatic rings. The standard InChI is InChI=1S/C34H46N6O6/c1-7-34(23-41,37-19-17-26(18-20-37)39-28-15-11-10-14-27(28)35-30(39)43)40(45,38-21-16-24-12-8-9-13-25(24)22-38)29(42)33(5,6)36-31(44)46-32(2,3)4/h8-15,23,26H,7,16-22H2,1-6H3,(H,35,43)(H,36,44). The van der Waals surface area contributed by atoms with E-state index in [1.54, 1.807) is 32.3 Å². The minimum absolute atomic E-state index is 0.0457. The first-order valence-corrected chi connectivity index (χ1v) is 16.1. The number of fused-ring (bicyclic) bond motifs is 2. The van der Waals surface area contributed by atoms with Crippen molar-refractivity contribution in [2.75, 3.05) is 19.6 Å². The van der Waals surface area contributed by atoms with Crippen molar-refractivity contribution in [1.29, 1.82) is 0 Å². The van der Waals surface area contributed by atoms with E-state index < -0.39 is 33.6 Å². The number of hydrogen-bond donors (Lipinski definition) is 2. The van der Waals surface area contributed by atoms with Gasteiger partial charge in [0.2, 0.25) is 5.66 Å². The zero-order chi connectivity index (χ0) is 33.5. The number of aromatic nitrogens is 2. The Hall–Kier alpha value is -3.84. The second-order valence-corrected chi connectivity index (χ2v) is 13.9. The number of rotatable bonds is 8. The largest absolute Gasteiger partial charge is 0.602 e. The Morgan fingerprint density at radius 2 is 1.65 bits per heavy atom. The Balaban J connectivity index is 1.52. The Labute approximate surface area is 269 Å². The molecule has 0 saturated carbocycles. The van der Waals surface area contributed by atoms with Crippen LogP contribution in [-0.2, 0) is 27.3 Å².